The summed E-state index contributed by atoms with van der Waals surface area (Å²) in [5.41, 5.74) is 8.79. The van der Waals surface area contributed by atoms with Gasteiger partial charge in [-0.2, -0.15) is 0 Å². The largest absolute Gasteiger partial charge is 0.456 e. The van der Waals surface area contributed by atoms with Crippen LogP contribution in [-0.4, -0.2) is 11.7 Å². The summed E-state index contributed by atoms with van der Waals surface area (Å²) in [5, 5.41) is 16.6. The van der Waals surface area contributed by atoms with Crippen LogP contribution in [0, 0.1) is 5.41 Å². The van der Waals surface area contributed by atoms with Gasteiger partial charge >= 0.3 is 0 Å². The van der Waals surface area contributed by atoms with Crippen molar-refractivity contribution in [3.05, 3.63) is 186 Å². The SMILES string of the molecule is C\C=C/C(=C\C=C\c1ccc2c(c1)oc1cccc(C(=N)N=C(Nc3ccc4c(c3)oc3ccccc34)c3ccccc3)c12)c1ccccc1. The van der Waals surface area contributed by atoms with Crippen molar-refractivity contribution < 1.29 is 8.83 Å². The van der Waals surface area contributed by atoms with Gasteiger partial charge in [-0.3, -0.25) is 5.41 Å². The van der Waals surface area contributed by atoms with Gasteiger partial charge in [-0.15, -0.1) is 0 Å². The molecule has 0 unspecified atom stereocenters. The standard InChI is InChI=1S/C45H33N3O2/c1-2-13-31(32-15-5-3-6-16-32)19-11-14-30-24-26-37-41(28-30)50-40-23-12-21-38(43(37)40)44(46)48-45(33-17-7-4-8-18-33)47-34-25-27-36-35-20-9-10-22-39(35)49-42(36)29-34/h2-29H,1H3,(H2,46,47,48)/b13-2-,14-11+,31-19+. The minimum absolute atomic E-state index is 0.126. The van der Waals surface area contributed by atoms with E-state index in [0.717, 1.165) is 60.7 Å². The Balaban J connectivity index is 1.13. The highest BCUT2D eigenvalue weighted by Crippen LogP contribution is 2.34. The number of rotatable bonds is 7. The van der Waals surface area contributed by atoms with Crippen LogP contribution in [0.1, 0.15) is 29.2 Å². The molecule has 0 saturated heterocycles. The molecule has 2 N–H and O–H groups in total. The molecular weight excluding hydrogens is 615 g/mol. The topological polar surface area (TPSA) is 74.5 Å². The van der Waals surface area contributed by atoms with Gasteiger partial charge in [-0.1, -0.05) is 127 Å². The van der Waals surface area contributed by atoms with Gasteiger partial charge in [0, 0.05) is 44.4 Å². The fraction of sp³-hybridized carbons (Fsp3) is 0.0222. The molecule has 0 aliphatic rings. The van der Waals surface area contributed by atoms with Gasteiger partial charge in [0.2, 0.25) is 0 Å². The number of hydrogen-bond acceptors (Lipinski definition) is 3. The normalized spacial score (nSPS) is 12.7. The van der Waals surface area contributed by atoms with Gasteiger partial charge in [0.1, 0.15) is 28.2 Å². The molecule has 8 aromatic rings. The van der Waals surface area contributed by atoms with Crippen molar-refractivity contribution in [3.8, 4) is 0 Å². The fourth-order valence-electron chi connectivity index (χ4n) is 6.34. The van der Waals surface area contributed by atoms with E-state index in [2.05, 4.69) is 66.0 Å². The van der Waals surface area contributed by atoms with Crippen LogP contribution >= 0.6 is 0 Å². The van der Waals surface area contributed by atoms with E-state index >= 15 is 0 Å². The molecule has 240 valence electrons. The summed E-state index contributed by atoms with van der Waals surface area (Å²) in [4.78, 5) is 4.88. The van der Waals surface area contributed by atoms with E-state index in [1.165, 1.54) is 5.56 Å². The maximum atomic E-state index is 9.24. The molecule has 0 bridgehead atoms. The lowest BCUT2D eigenvalue weighted by Gasteiger charge is -2.11. The van der Waals surface area contributed by atoms with Crippen LogP contribution in [-0.2, 0) is 0 Å². The molecule has 0 spiro atoms. The van der Waals surface area contributed by atoms with Gasteiger partial charge in [-0.25, -0.2) is 4.99 Å². The average Bonchev–Trinajstić information content (AvgIpc) is 3.72. The molecule has 0 amide bonds. The number of nitrogens with one attached hydrogen (secondary N) is 2. The zero-order valence-corrected chi connectivity index (χ0v) is 27.4. The first-order valence-electron chi connectivity index (χ1n) is 16.6. The van der Waals surface area contributed by atoms with Gasteiger partial charge in [0.05, 0.1) is 0 Å². The summed E-state index contributed by atoms with van der Waals surface area (Å²) in [7, 11) is 0. The Bertz CT molecular complexity index is 2640. The maximum Gasteiger partial charge on any atom is 0.154 e. The average molecular weight is 648 g/mol. The number of aliphatic imine (C=N–C) groups is 1. The highest BCUT2D eigenvalue weighted by atomic mass is 16.3. The highest BCUT2D eigenvalue weighted by molar-refractivity contribution is 6.22. The summed E-state index contributed by atoms with van der Waals surface area (Å²) in [5.74, 6) is 0.685. The van der Waals surface area contributed by atoms with Crippen molar-refractivity contribution in [3.63, 3.8) is 0 Å². The molecule has 5 nitrogen and oxygen atoms in total. The molecular formula is C45H33N3O2. The second-order valence-corrected chi connectivity index (χ2v) is 12.0. The van der Waals surface area contributed by atoms with E-state index in [-0.39, 0.29) is 5.84 Å². The molecule has 0 atom stereocenters. The Morgan fingerprint density at radius 2 is 1.32 bits per heavy atom. The quantitative estimate of drug-likeness (QED) is 0.103. The number of para-hydroxylation sites is 1. The van der Waals surface area contributed by atoms with Crippen molar-refractivity contribution in [2.24, 2.45) is 4.99 Å². The number of nitrogens with zero attached hydrogens (tertiary/aromatic N) is 1. The fourth-order valence-corrected chi connectivity index (χ4v) is 6.34. The molecule has 8 rings (SSSR count). The van der Waals surface area contributed by atoms with Crippen LogP contribution in [0.3, 0.4) is 0 Å². The lowest BCUT2D eigenvalue weighted by Crippen LogP contribution is -2.16. The van der Waals surface area contributed by atoms with Crippen molar-refractivity contribution in [1.29, 1.82) is 5.41 Å². The molecule has 2 heterocycles. The Labute approximate surface area is 289 Å². The van der Waals surface area contributed by atoms with E-state index in [9.17, 15) is 5.41 Å². The predicted octanol–water partition coefficient (Wildman–Crippen LogP) is 12.0. The monoisotopic (exact) mass is 647 g/mol. The van der Waals surface area contributed by atoms with Crippen LogP contribution in [0.5, 0.6) is 0 Å². The van der Waals surface area contributed by atoms with Crippen LogP contribution in [0.4, 0.5) is 5.69 Å². The highest BCUT2D eigenvalue weighted by Gasteiger charge is 2.16. The van der Waals surface area contributed by atoms with Crippen molar-refractivity contribution in [2.75, 3.05) is 5.32 Å². The summed E-state index contributed by atoms with van der Waals surface area (Å²) in [6.45, 7) is 2.02. The maximum absolute atomic E-state index is 9.24. The number of benzene rings is 6. The van der Waals surface area contributed by atoms with E-state index < -0.39 is 0 Å². The minimum atomic E-state index is 0.126. The number of allylic oxidation sites excluding steroid dienone is 5. The molecule has 0 aliphatic carbocycles. The summed E-state index contributed by atoms with van der Waals surface area (Å²) in [6.07, 6.45) is 10.4. The molecule has 2 aromatic heterocycles. The zero-order chi connectivity index (χ0) is 33.9. The Morgan fingerprint density at radius 1 is 0.640 bits per heavy atom. The molecule has 0 saturated carbocycles. The number of fused-ring (bicyclic) bond motifs is 6. The van der Waals surface area contributed by atoms with Crippen LogP contribution in [0.15, 0.2) is 178 Å². The summed E-state index contributed by atoms with van der Waals surface area (Å²) in [6, 6.07) is 46.3. The molecule has 50 heavy (non-hydrogen) atoms. The van der Waals surface area contributed by atoms with Gasteiger partial charge < -0.3 is 14.2 Å². The van der Waals surface area contributed by atoms with Gasteiger partial charge in [0.25, 0.3) is 0 Å². The third kappa shape index (κ3) is 6.04. The lowest BCUT2D eigenvalue weighted by molar-refractivity contribution is 0.668. The van der Waals surface area contributed by atoms with Crippen molar-refractivity contribution in [2.45, 2.75) is 6.92 Å². The minimum Gasteiger partial charge on any atom is -0.456 e. The van der Waals surface area contributed by atoms with E-state index in [0.29, 0.717) is 17.0 Å². The van der Waals surface area contributed by atoms with Crippen molar-refractivity contribution in [1.82, 2.24) is 0 Å². The first-order valence-corrected chi connectivity index (χ1v) is 16.6. The number of hydrogen-bond donors (Lipinski definition) is 2. The Hall–Kier alpha value is -6.72. The first-order chi connectivity index (χ1) is 24.6. The number of amidine groups is 2. The van der Waals surface area contributed by atoms with Crippen LogP contribution in [0.25, 0.3) is 55.5 Å². The second kappa shape index (κ2) is 13.4. The van der Waals surface area contributed by atoms with Crippen LogP contribution in [0.2, 0.25) is 0 Å². The van der Waals surface area contributed by atoms with Gasteiger partial charge in [0.15, 0.2) is 5.84 Å². The number of anilines is 1. The third-order valence-corrected chi connectivity index (χ3v) is 8.71. The van der Waals surface area contributed by atoms with E-state index in [1.807, 2.05) is 116 Å². The first kappa shape index (κ1) is 30.6. The van der Waals surface area contributed by atoms with Gasteiger partial charge in [-0.05, 0) is 60.0 Å². The van der Waals surface area contributed by atoms with E-state index in [1.54, 1.807) is 0 Å². The molecule has 0 radical (unpaired) electrons. The van der Waals surface area contributed by atoms with Crippen molar-refractivity contribution >= 4 is 72.9 Å². The van der Waals surface area contributed by atoms with Crippen LogP contribution < -0.4 is 5.32 Å². The lowest BCUT2D eigenvalue weighted by atomic mass is 10.0. The Morgan fingerprint density at radius 3 is 2.14 bits per heavy atom. The molecule has 5 heteroatoms. The molecule has 0 fully saturated rings. The smallest absolute Gasteiger partial charge is 0.154 e. The van der Waals surface area contributed by atoms with E-state index in [4.69, 9.17) is 13.8 Å². The predicted molar refractivity (Wildman–Crippen MR) is 209 cm³/mol. The second-order valence-electron chi connectivity index (χ2n) is 12.0. The summed E-state index contributed by atoms with van der Waals surface area (Å²) < 4.78 is 12.5. The third-order valence-electron chi connectivity index (χ3n) is 8.71. The zero-order valence-electron chi connectivity index (χ0n) is 27.4. The Kier molecular flexibility index (Phi) is 8.21. The number of furan rings is 2. The summed E-state index contributed by atoms with van der Waals surface area (Å²) >= 11 is 0. The molecule has 6 aromatic carbocycles. The molecule has 0 aliphatic heterocycles.